The Morgan fingerprint density at radius 3 is 2.42 bits per heavy atom. The Balaban J connectivity index is 0.00000243. The molecule has 1 aromatic heterocycles. The van der Waals surface area contributed by atoms with Gasteiger partial charge in [0.1, 0.15) is 6.54 Å². The van der Waals surface area contributed by atoms with Crippen molar-refractivity contribution in [2.75, 3.05) is 46.8 Å². The van der Waals surface area contributed by atoms with Crippen LogP contribution in [0.4, 0.5) is 0 Å². The molecule has 2 aliphatic rings. The van der Waals surface area contributed by atoms with E-state index in [4.69, 9.17) is 4.42 Å². The summed E-state index contributed by atoms with van der Waals surface area (Å²) < 4.78 is 5.19. The quantitative estimate of drug-likeness (QED) is 0.397. The van der Waals surface area contributed by atoms with Crippen molar-refractivity contribution in [2.45, 2.75) is 18.9 Å². The first-order valence-corrected chi connectivity index (χ1v) is 8.63. The van der Waals surface area contributed by atoms with Gasteiger partial charge in [-0.3, -0.25) is 9.59 Å². The third kappa shape index (κ3) is 5.36. The Morgan fingerprint density at radius 2 is 1.88 bits per heavy atom. The summed E-state index contributed by atoms with van der Waals surface area (Å²) >= 11 is 0. The maximum Gasteiger partial charge on any atom is 0.289 e. The summed E-state index contributed by atoms with van der Waals surface area (Å²) in [6.45, 7) is 2.70. The predicted octanol–water partition coefficient (Wildman–Crippen LogP) is 0.852. The number of rotatable bonds is 4. The van der Waals surface area contributed by atoms with Crippen LogP contribution in [0.5, 0.6) is 0 Å². The van der Waals surface area contributed by atoms with E-state index in [0.717, 1.165) is 18.8 Å². The second-order valence-corrected chi connectivity index (χ2v) is 6.60. The largest absolute Gasteiger partial charge is 0.459 e. The second kappa shape index (κ2) is 9.24. The van der Waals surface area contributed by atoms with Crippen molar-refractivity contribution in [3.05, 3.63) is 24.2 Å². The molecule has 2 fully saturated rings. The first-order chi connectivity index (χ1) is 12.0. The van der Waals surface area contributed by atoms with Crippen LogP contribution in [0.3, 0.4) is 0 Å². The summed E-state index contributed by atoms with van der Waals surface area (Å²) in [6, 6.07) is 3.86. The van der Waals surface area contributed by atoms with E-state index in [1.54, 1.807) is 31.1 Å². The molecule has 2 heterocycles. The van der Waals surface area contributed by atoms with E-state index < -0.39 is 0 Å². The molecule has 1 saturated heterocycles. The Labute approximate surface area is 170 Å². The average molecular weight is 475 g/mol. The minimum atomic E-state index is -0.0823. The van der Waals surface area contributed by atoms with E-state index in [2.05, 4.69) is 15.2 Å². The molecule has 0 radical (unpaired) electrons. The Kier molecular flexibility index (Phi) is 7.30. The summed E-state index contributed by atoms with van der Waals surface area (Å²) in [6.07, 6.45) is 3.78. The number of nitrogens with one attached hydrogen (secondary N) is 1. The first kappa shape index (κ1) is 20.5. The highest BCUT2D eigenvalue weighted by Gasteiger charge is 2.28. The summed E-state index contributed by atoms with van der Waals surface area (Å²) in [5.41, 5.74) is 0. The SMILES string of the molecule is CN(C)C(=O)CN=C(NC1CC1)N1CCN(C(=O)c2ccco2)CC1.I. The van der Waals surface area contributed by atoms with Gasteiger partial charge in [0.25, 0.3) is 5.91 Å². The van der Waals surface area contributed by atoms with Gasteiger partial charge in [0.05, 0.1) is 6.26 Å². The van der Waals surface area contributed by atoms with Gasteiger partial charge in [-0.25, -0.2) is 4.99 Å². The summed E-state index contributed by atoms with van der Waals surface area (Å²) in [5, 5.41) is 3.41. The summed E-state index contributed by atoms with van der Waals surface area (Å²) in [4.78, 5) is 34.1. The number of guanidine groups is 1. The lowest BCUT2D eigenvalue weighted by atomic mass is 10.3. The lowest BCUT2D eigenvalue weighted by Crippen LogP contribution is -2.54. The highest BCUT2D eigenvalue weighted by molar-refractivity contribution is 14.0. The van der Waals surface area contributed by atoms with E-state index in [-0.39, 0.29) is 42.3 Å². The Bertz CT molecular complexity index is 635. The van der Waals surface area contributed by atoms with Crippen molar-refractivity contribution in [3.63, 3.8) is 0 Å². The van der Waals surface area contributed by atoms with Crippen molar-refractivity contribution in [3.8, 4) is 0 Å². The lowest BCUT2D eigenvalue weighted by Gasteiger charge is -2.36. The van der Waals surface area contributed by atoms with Crippen molar-refractivity contribution in [1.82, 2.24) is 20.0 Å². The molecule has 0 spiro atoms. The molecule has 1 N–H and O–H groups in total. The Hall–Kier alpha value is -1.78. The fraction of sp³-hybridized carbons (Fsp3) is 0.588. The zero-order chi connectivity index (χ0) is 17.8. The molecule has 3 rings (SSSR count). The first-order valence-electron chi connectivity index (χ1n) is 8.63. The van der Waals surface area contributed by atoms with Crippen molar-refractivity contribution < 1.29 is 14.0 Å². The molecule has 0 atom stereocenters. The van der Waals surface area contributed by atoms with Crippen LogP contribution < -0.4 is 5.32 Å². The molecule has 1 aliphatic heterocycles. The zero-order valence-corrected chi connectivity index (χ0v) is 17.5. The molecule has 0 bridgehead atoms. The number of piperazine rings is 1. The van der Waals surface area contributed by atoms with Crippen LogP contribution in [0.15, 0.2) is 27.8 Å². The average Bonchev–Trinajstić information content (AvgIpc) is 3.27. The fourth-order valence-corrected chi connectivity index (χ4v) is 2.61. The van der Waals surface area contributed by atoms with Crippen molar-refractivity contribution in [2.24, 2.45) is 4.99 Å². The van der Waals surface area contributed by atoms with Crippen LogP contribution in [0.2, 0.25) is 0 Å². The van der Waals surface area contributed by atoms with Crippen LogP contribution in [-0.4, -0.2) is 85.3 Å². The number of amides is 2. The van der Waals surface area contributed by atoms with Crippen molar-refractivity contribution >= 4 is 41.8 Å². The van der Waals surface area contributed by atoms with E-state index in [1.165, 1.54) is 11.2 Å². The number of likely N-dealkylation sites (N-methyl/N-ethyl adjacent to an activating group) is 1. The van der Waals surface area contributed by atoms with E-state index >= 15 is 0 Å². The lowest BCUT2D eigenvalue weighted by molar-refractivity contribution is -0.127. The van der Waals surface area contributed by atoms with Gasteiger partial charge < -0.3 is 24.4 Å². The molecule has 8 nitrogen and oxygen atoms in total. The normalized spacial score (nSPS) is 17.5. The third-order valence-electron chi connectivity index (χ3n) is 4.37. The molecule has 1 aromatic rings. The predicted molar refractivity (Wildman–Crippen MR) is 109 cm³/mol. The minimum absolute atomic E-state index is 0. The van der Waals surface area contributed by atoms with E-state index in [1.807, 2.05) is 0 Å². The van der Waals surface area contributed by atoms with Crippen LogP contribution >= 0.6 is 24.0 Å². The molecule has 1 saturated carbocycles. The second-order valence-electron chi connectivity index (χ2n) is 6.60. The fourth-order valence-electron chi connectivity index (χ4n) is 2.61. The van der Waals surface area contributed by atoms with Crippen molar-refractivity contribution in [1.29, 1.82) is 0 Å². The van der Waals surface area contributed by atoms with Gasteiger partial charge in [-0.05, 0) is 25.0 Å². The summed E-state index contributed by atoms with van der Waals surface area (Å²) in [5.74, 6) is 1.03. The Morgan fingerprint density at radius 1 is 1.23 bits per heavy atom. The molecule has 1 aliphatic carbocycles. The van der Waals surface area contributed by atoms with Crippen LogP contribution in [0, 0.1) is 0 Å². The van der Waals surface area contributed by atoms with Crippen LogP contribution in [-0.2, 0) is 4.79 Å². The van der Waals surface area contributed by atoms with E-state index in [9.17, 15) is 9.59 Å². The number of carbonyl (C=O) groups is 2. The molecule has 2 amide bonds. The number of carbonyl (C=O) groups excluding carboxylic acids is 2. The van der Waals surface area contributed by atoms with Crippen LogP contribution in [0.25, 0.3) is 0 Å². The zero-order valence-electron chi connectivity index (χ0n) is 15.2. The maximum atomic E-state index is 12.3. The molecular formula is C17H26IN5O3. The molecule has 0 aromatic carbocycles. The number of aliphatic imine (C=N–C) groups is 1. The van der Waals surface area contributed by atoms with E-state index in [0.29, 0.717) is 38.0 Å². The molecule has 144 valence electrons. The van der Waals surface area contributed by atoms with Gasteiger partial charge in [0, 0.05) is 46.3 Å². The highest BCUT2D eigenvalue weighted by atomic mass is 127. The van der Waals surface area contributed by atoms with Gasteiger partial charge in [-0.15, -0.1) is 24.0 Å². The molecule has 9 heteroatoms. The van der Waals surface area contributed by atoms with Gasteiger partial charge in [-0.1, -0.05) is 0 Å². The third-order valence-corrected chi connectivity index (χ3v) is 4.37. The molecule has 0 unspecified atom stereocenters. The smallest absolute Gasteiger partial charge is 0.289 e. The summed E-state index contributed by atoms with van der Waals surface area (Å²) in [7, 11) is 3.45. The maximum absolute atomic E-state index is 12.3. The highest BCUT2D eigenvalue weighted by Crippen LogP contribution is 2.19. The monoisotopic (exact) mass is 475 g/mol. The van der Waals surface area contributed by atoms with Gasteiger partial charge in [0.15, 0.2) is 11.7 Å². The molecule has 26 heavy (non-hydrogen) atoms. The number of furan rings is 1. The standard InChI is InChI=1S/C17H25N5O3.HI/c1-20(2)15(23)12-18-17(19-13-5-6-13)22-9-7-21(8-10-22)16(24)14-4-3-11-25-14;/h3-4,11,13H,5-10,12H2,1-2H3,(H,18,19);1H. The minimum Gasteiger partial charge on any atom is -0.459 e. The van der Waals surface area contributed by atoms with Gasteiger partial charge >= 0.3 is 0 Å². The van der Waals surface area contributed by atoms with Gasteiger partial charge in [-0.2, -0.15) is 0 Å². The number of hydrogen-bond donors (Lipinski definition) is 1. The van der Waals surface area contributed by atoms with Crippen LogP contribution in [0.1, 0.15) is 23.4 Å². The molecular weight excluding hydrogens is 449 g/mol. The number of halogens is 1. The number of nitrogens with zero attached hydrogens (tertiary/aromatic N) is 4. The topological polar surface area (TPSA) is 81.4 Å². The van der Waals surface area contributed by atoms with Gasteiger partial charge in [0.2, 0.25) is 5.91 Å². The number of hydrogen-bond acceptors (Lipinski definition) is 4.